The first-order valence-electron chi connectivity index (χ1n) is 8.62. The van der Waals surface area contributed by atoms with E-state index in [2.05, 4.69) is 20.6 Å². The van der Waals surface area contributed by atoms with Gasteiger partial charge >= 0.3 is 0 Å². The lowest BCUT2D eigenvalue weighted by molar-refractivity contribution is 0.0949. The van der Waals surface area contributed by atoms with Crippen LogP contribution in [0.15, 0.2) is 30.3 Å². The van der Waals surface area contributed by atoms with E-state index >= 15 is 0 Å². The molecule has 0 bridgehead atoms. The summed E-state index contributed by atoms with van der Waals surface area (Å²) in [5, 5.41) is 6.01. The van der Waals surface area contributed by atoms with E-state index in [1.165, 1.54) is 0 Å². The molecule has 7 heteroatoms. The molecule has 0 radical (unpaired) electrons. The Balaban J connectivity index is 1.88. The van der Waals surface area contributed by atoms with Gasteiger partial charge in [-0.3, -0.25) is 4.79 Å². The zero-order chi connectivity index (χ0) is 18.8. The molecule has 0 aliphatic carbocycles. The van der Waals surface area contributed by atoms with Crippen LogP contribution in [0.3, 0.4) is 0 Å². The molecule has 140 valence electrons. The molecule has 1 amide bonds. The Kier molecular flexibility index (Phi) is 7.82. The van der Waals surface area contributed by atoms with Crippen molar-refractivity contribution in [1.29, 1.82) is 0 Å². The minimum absolute atomic E-state index is 0.210. The van der Waals surface area contributed by atoms with Crippen molar-refractivity contribution < 1.29 is 14.3 Å². The van der Waals surface area contributed by atoms with Crippen LogP contribution in [0.2, 0.25) is 0 Å². The van der Waals surface area contributed by atoms with Crippen molar-refractivity contribution in [3.05, 3.63) is 47.3 Å². The maximum Gasteiger partial charge on any atom is 0.270 e. The lowest BCUT2D eigenvalue weighted by atomic mass is 10.1. The molecule has 2 N–H and O–H groups in total. The molecule has 0 aliphatic heterocycles. The summed E-state index contributed by atoms with van der Waals surface area (Å²) in [4.78, 5) is 21.0. The van der Waals surface area contributed by atoms with Gasteiger partial charge in [0.25, 0.3) is 5.91 Å². The lowest BCUT2D eigenvalue weighted by Gasteiger charge is -2.09. The SMILES string of the molecule is COCCCNc1nc(C)cc(C(=O)NCCc2cccc(OC)c2)n1. The number of amides is 1. The van der Waals surface area contributed by atoms with Crippen LogP contribution in [0.5, 0.6) is 5.75 Å². The van der Waals surface area contributed by atoms with Crippen LogP contribution in [0.4, 0.5) is 5.95 Å². The van der Waals surface area contributed by atoms with E-state index in [1.54, 1.807) is 20.3 Å². The fourth-order valence-electron chi connectivity index (χ4n) is 2.42. The molecular formula is C19H26N4O3. The average Bonchev–Trinajstić information content (AvgIpc) is 2.65. The predicted octanol–water partition coefficient (Wildman–Crippen LogP) is 2.21. The minimum Gasteiger partial charge on any atom is -0.497 e. The quantitative estimate of drug-likeness (QED) is 0.634. The van der Waals surface area contributed by atoms with Crippen molar-refractivity contribution in [2.75, 3.05) is 39.2 Å². The normalized spacial score (nSPS) is 10.4. The highest BCUT2D eigenvalue weighted by Gasteiger charge is 2.10. The third-order valence-electron chi connectivity index (χ3n) is 3.73. The van der Waals surface area contributed by atoms with Crippen molar-refractivity contribution in [3.8, 4) is 5.75 Å². The van der Waals surface area contributed by atoms with E-state index < -0.39 is 0 Å². The van der Waals surface area contributed by atoms with Gasteiger partial charge < -0.3 is 20.1 Å². The number of aromatic nitrogens is 2. The zero-order valence-electron chi connectivity index (χ0n) is 15.5. The fraction of sp³-hybridized carbons (Fsp3) is 0.421. The Labute approximate surface area is 154 Å². The Morgan fingerprint density at radius 3 is 2.77 bits per heavy atom. The van der Waals surface area contributed by atoms with Crippen LogP contribution in [0.25, 0.3) is 0 Å². The second-order valence-corrected chi connectivity index (χ2v) is 5.85. The average molecular weight is 358 g/mol. The maximum atomic E-state index is 12.4. The molecule has 0 saturated heterocycles. The van der Waals surface area contributed by atoms with Crippen molar-refractivity contribution >= 4 is 11.9 Å². The van der Waals surface area contributed by atoms with Gasteiger partial charge in [-0.05, 0) is 43.5 Å². The monoisotopic (exact) mass is 358 g/mol. The van der Waals surface area contributed by atoms with Crippen molar-refractivity contribution in [2.45, 2.75) is 19.8 Å². The number of hydrogen-bond donors (Lipinski definition) is 2. The molecular weight excluding hydrogens is 332 g/mol. The van der Waals surface area contributed by atoms with Crippen molar-refractivity contribution in [3.63, 3.8) is 0 Å². The highest BCUT2D eigenvalue weighted by molar-refractivity contribution is 5.92. The highest BCUT2D eigenvalue weighted by atomic mass is 16.5. The molecule has 2 aromatic rings. The molecule has 0 atom stereocenters. The number of methoxy groups -OCH3 is 2. The number of carbonyl (C=O) groups excluding carboxylic acids is 1. The standard InChI is InChI=1S/C19H26N4O3/c1-14-12-17(23-19(22-14)21-9-5-11-25-2)18(24)20-10-8-15-6-4-7-16(13-15)26-3/h4,6-7,12-13H,5,8-11H2,1-3H3,(H,20,24)(H,21,22,23). The molecule has 1 aromatic heterocycles. The molecule has 2 rings (SSSR count). The number of carbonyl (C=O) groups is 1. The predicted molar refractivity (Wildman–Crippen MR) is 101 cm³/mol. The van der Waals surface area contributed by atoms with Gasteiger partial charge in [-0.25, -0.2) is 9.97 Å². The third kappa shape index (κ3) is 6.33. The Hall–Kier alpha value is -2.67. The van der Waals surface area contributed by atoms with Gasteiger partial charge in [-0.15, -0.1) is 0 Å². The Bertz CT molecular complexity index is 722. The van der Waals surface area contributed by atoms with E-state index in [4.69, 9.17) is 9.47 Å². The summed E-state index contributed by atoms with van der Waals surface area (Å²) in [6, 6.07) is 9.48. The third-order valence-corrected chi connectivity index (χ3v) is 3.73. The van der Waals surface area contributed by atoms with Crippen LogP contribution in [0, 0.1) is 6.92 Å². The van der Waals surface area contributed by atoms with Crippen molar-refractivity contribution in [2.24, 2.45) is 0 Å². The summed E-state index contributed by atoms with van der Waals surface area (Å²) in [6.07, 6.45) is 1.56. The van der Waals surface area contributed by atoms with Gasteiger partial charge in [-0.2, -0.15) is 0 Å². The molecule has 1 heterocycles. The van der Waals surface area contributed by atoms with E-state index in [1.807, 2.05) is 31.2 Å². The number of ether oxygens (including phenoxy) is 2. The molecule has 7 nitrogen and oxygen atoms in total. The number of hydrogen-bond acceptors (Lipinski definition) is 6. The van der Waals surface area contributed by atoms with Gasteiger partial charge in [0.2, 0.25) is 5.95 Å². The number of nitrogens with zero attached hydrogens (tertiary/aromatic N) is 2. The smallest absolute Gasteiger partial charge is 0.270 e. The second kappa shape index (κ2) is 10.4. The lowest BCUT2D eigenvalue weighted by Crippen LogP contribution is -2.27. The van der Waals surface area contributed by atoms with Crippen LogP contribution in [0.1, 0.15) is 28.2 Å². The first-order chi connectivity index (χ1) is 12.6. The van der Waals surface area contributed by atoms with Gasteiger partial charge in [0, 0.05) is 32.5 Å². The molecule has 0 spiro atoms. The number of aryl methyl sites for hydroxylation is 1. The molecule has 0 unspecified atom stereocenters. The maximum absolute atomic E-state index is 12.4. The fourth-order valence-corrected chi connectivity index (χ4v) is 2.42. The topological polar surface area (TPSA) is 85.4 Å². The Morgan fingerprint density at radius 1 is 1.15 bits per heavy atom. The first-order valence-corrected chi connectivity index (χ1v) is 8.62. The highest BCUT2D eigenvalue weighted by Crippen LogP contribution is 2.12. The largest absolute Gasteiger partial charge is 0.497 e. The molecule has 0 fully saturated rings. The Morgan fingerprint density at radius 2 is 2.00 bits per heavy atom. The number of nitrogens with one attached hydrogen (secondary N) is 2. The van der Waals surface area contributed by atoms with Crippen LogP contribution >= 0.6 is 0 Å². The molecule has 1 aromatic carbocycles. The number of benzene rings is 1. The van der Waals surface area contributed by atoms with E-state index in [0.29, 0.717) is 31.3 Å². The van der Waals surface area contributed by atoms with Gasteiger partial charge in [-0.1, -0.05) is 12.1 Å². The number of rotatable bonds is 10. The minimum atomic E-state index is -0.210. The van der Waals surface area contributed by atoms with Gasteiger partial charge in [0.05, 0.1) is 7.11 Å². The summed E-state index contributed by atoms with van der Waals surface area (Å²) >= 11 is 0. The first kappa shape index (κ1) is 19.7. The van der Waals surface area contributed by atoms with E-state index in [9.17, 15) is 4.79 Å². The van der Waals surface area contributed by atoms with Crippen LogP contribution in [-0.4, -0.2) is 49.8 Å². The summed E-state index contributed by atoms with van der Waals surface area (Å²) in [7, 11) is 3.30. The van der Waals surface area contributed by atoms with Crippen LogP contribution in [-0.2, 0) is 11.2 Å². The number of anilines is 1. The molecule has 0 aliphatic rings. The van der Waals surface area contributed by atoms with Crippen molar-refractivity contribution in [1.82, 2.24) is 15.3 Å². The van der Waals surface area contributed by atoms with E-state index in [-0.39, 0.29) is 5.91 Å². The van der Waals surface area contributed by atoms with E-state index in [0.717, 1.165) is 29.8 Å². The molecule has 26 heavy (non-hydrogen) atoms. The molecule has 0 saturated carbocycles. The van der Waals surface area contributed by atoms with Gasteiger partial charge in [0.1, 0.15) is 11.4 Å². The summed E-state index contributed by atoms with van der Waals surface area (Å²) in [6.45, 7) is 3.71. The summed E-state index contributed by atoms with van der Waals surface area (Å²) in [5.74, 6) is 1.06. The van der Waals surface area contributed by atoms with Crippen LogP contribution < -0.4 is 15.4 Å². The zero-order valence-corrected chi connectivity index (χ0v) is 15.5. The van der Waals surface area contributed by atoms with Gasteiger partial charge in [0.15, 0.2) is 0 Å². The second-order valence-electron chi connectivity index (χ2n) is 5.85. The summed E-state index contributed by atoms with van der Waals surface area (Å²) < 4.78 is 10.2. The summed E-state index contributed by atoms with van der Waals surface area (Å²) in [5.41, 5.74) is 2.20.